The Morgan fingerprint density at radius 1 is 1.23 bits per heavy atom. The molecule has 4 aromatic rings. The molecular weight excluding hydrogens is 429 g/mol. The van der Waals surface area contributed by atoms with Crippen molar-refractivity contribution in [3.8, 4) is 10.6 Å². The molecule has 0 radical (unpaired) electrons. The van der Waals surface area contributed by atoms with Crippen LogP contribution in [0.15, 0.2) is 41.9 Å². The first-order valence-corrected chi connectivity index (χ1v) is 10.6. The van der Waals surface area contributed by atoms with Crippen LogP contribution >= 0.6 is 11.3 Å². The summed E-state index contributed by atoms with van der Waals surface area (Å²) >= 11 is 1.32. The number of alkyl halides is 3. The summed E-state index contributed by atoms with van der Waals surface area (Å²) in [6.07, 6.45) is -0.830. The second-order valence-electron chi connectivity index (χ2n) is 7.32. The number of carbonyl (C=O) groups is 1. The molecule has 1 aliphatic rings. The van der Waals surface area contributed by atoms with Gasteiger partial charge in [-0.1, -0.05) is 6.07 Å². The molecule has 1 atom stereocenters. The van der Waals surface area contributed by atoms with Gasteiger partial charge in [0.2, 0.25) is 0 Å². The molecule has 1 fully saturated rings. The number of halogens is 3. The summed E-state index contributed by atoms with van der Waals surface area (Å²) in [4.78, 5) is 19.6. The number of rotatable bonds is 3. The van der Waals surface area contributed by atoms with Crippen LogP contribution in [0.1, 0.15) is 47.2 Å². The zero-order valence-electron chi connectivity index (χ0n) is 16.1. The van der Waals surface area contributed by atoms with Gasteiger partial charge in [-0.25, -0.2) is 9.50 Å². The molecule has 0 saturated carbocycles. The van der Waals surface area contributed by atoms with E-state index in [0.717, 1.165) is 23.4 Å². The van der Waals surface area contributed by atoms with Gasteiger partial charge in [-0.05, 0) is 42.8 Å². The fourth-order valence-corrected chi connectivity index (χ4v) is 4.61. The highest BCUT2D eigenvalue weighted by Crippen LogP contribution is 2.36. The predicted molar refractivity (Wildman–Crippen MR) is 108 cm³/mol. The maximum absolute atomic E-state index is 13.8. The van der Waals surface area contributed by atoms with Gasteiger partial charge in [0.1, 0.15) is 5.69 Å². The Morgan fingerprint density at radius 2 is 2.10 bits per heavy atom. The van der Waals surface area contributed by atoms with Crippen LogP contribution in [0, 0.1) is 0 Å². The van der Waals surface area contributed by atoms with Gasteiger partial charge >= 0.3 is 6.18 Å². The number of amides is 1. The van der Waals surface area contributed by atoms with E-state index in [1.165, 1.54) is 17.5 Å². The number of H-pyrrole nitrogens is 1. The molecule has 1 N–H and O–H groups in total. The molecule has 11 heteroatoms. The summed E-state index contributed by atoms with van der Waals surface area (Å²) in [5.41, 5.74) is 0.191. The number of aromatic amines is 1. The number of piperidine rings is 1. The van der Waals surface area contributed by atoms with Crippen LogP contribution in [0.25, 0.3) is 16.2 Å². The molecule has 1 aliphatic heterocycles. The van der Waals surface area contributed by atoms with Crippen LogP contribution < -0.4 is 0 Å². The first-order chi connectivity index (χ1) is 14.9. The molecule has 0 aliphatic carbocycles. The van der Waals surface area contributed by atoms with Gasteiger partial charge in [-0.2, -0.15) is 23.4 Å². The second-order valence-corrected chi connectivity index (χ2v) is 8.27. The molecule has 0 bridgehead atoms. The minimum Gasteiger partial charge on any atom is -0.329 e. The molecule has 1 saturated heterocycles. The van der Waals surface area contributed by atoms with Gasteiger partial charge in [-0.3, -0.25) is 9.89 Å². The van der Waals surface area contributed by atoms with Crippen molar-refractivity contribution in [1.29, 1.82) is 0 Å². The Balaban J connectivity index is 1.60. The van der Waals surface area contributed by atoms with E-state index in [1.807, 2.05) is 0 Å². The topological polar surface area (TPSA) is 79.2 Å². The summed E-state index contributed by atoms with van der Waals surface area (Å²) < 4.78 is 42.3. The third kappa shape index (κ3) is 3.58. The fourth-order valence-electron chi connectivity index (χ4n) is 3.92. The summed E-state index contributed by atoms with van der Waals surface area (Å²) in [6.45, 7) is 0.496. The number of likely N-dealkylation sites (tertiary alicyclic amines) is 1. The highest BCUT2D eigenvalue weighted by atomic mass is 32.1. The van der Waals surface area contributed by atoms with Gasteiger partial charge in [0.15, 0.2) is 11.3 Å². The molecule has 5 heterocycles. The molecule has 0 spiro atoms. The van der Waals surface area contributed by atoms with E-state index in [9.17, 15) is 18.0 Å². The lowest BCUT2D eigenvalue weighted by Crippen LogP contribution is -2.39. The van der Waals surface area contributed by atoms with Crippen LogP contribution in [-0.4, -0.2) is 42.1 Å². The van der Waals surface area contributed by atoms with E-state index in [2.05, 4.69) is 20.3 Å². The number of hydrogen-bond acceptors (Lipinski definition) is 5. The lowest BCUT2D eigenvalue weighted by Gasteiger charge is -2.34. The molecule has 160 valence electrons. The Kier molecular flexibility index (Phi) is 4.77. The SMILES string of the molecule is O=C(c1ccn[nH]1)N1CCCC[C@@H]1c1cc2nc(-c3cccs3)cc(C(F)(F)F)n2n1. The van der Waals surface area contributed by atoms with E-state index in [-0.39, 0.29) is 17.2 Å². The minimum absolute atomic E-state index is 0.104. The molecule has 1 amide bonds. The number of aromatic nitrogens is 5. The van der Waals surface area contributed by atoms with Crippen molar-refractivity contribution >= 4 is 22.9 Å². The number of thiophene rings is 1. The summed E-state index contributed by atoms with van der Waals surface area (Å²) in [5.74, 6) is -0.248. The third-order valence-corrected chi connectivity index (χ3v) is 6.24. The first-order valence-electron chi connectivity index (χ1n) is 9.74. The van der Waals surface area contributed by atoms with Gasteiger partial charge in [0.25, 0.3) is 5.91 Å². The number of hydrogen-bond donors (Lipinski definition) is 1. The van der Waals surface area contributed by atoms with E-state index in [0.29, 0.717) is 29.2 Å². The molecule has 0 aromatic carbocycles. The molecule has 7 nitrogen and oxygen atoms in total. The summed E-state index contributed by atoms with van der Waals surface area (Å²) in [7, 11) is 0. The third-order valence-electron chi connectivity index (χ3n) is 5.35. The van der Waals surface area contributed by atoms with E-state index in [4.69, 9.17) is 0 Å². The minimum atomic E-state index is -4.60. The van der Waals surface area contributed by atoms with Crippen molar-refractivity contribution in [2.45, 2.75) is 31.5 Å². The normalized spacial score (nSPS) is 17.4. The monoisotopic (exact) mass is 446 g/mol. The second kappa shape index (κ2) is 7.49. The quantitative estimate of drug-likeness (QED) is 0.500. The predicted octanol–water partition coefficient (Wildman–Crippen LogP) is 4.57. The van der Waals surface area contributed by atoms with Crippen molar-refractivity contribution in [1.82, 2.24) is 29.7 Å². The van der Waals surface area contributed by atoms with Crippen molar-refractivity contribution in [2.75, 3.05) is 6.54 Å². The Hall–Kier alpha value is -3.21. The Labute approximate surface area is 178 Å². The van der Waals surface area contributed by atoms with Crippen molar-refractivity contribution in [3.05, 3.63) is 59.0 Å². The number of nitrogens with zero attached hydrogens (tertiary/aromatic N) is 5. The van der Waals surface area contributed by atoms with Crippen molar-refractivity contribution < 1.29 is 18.0 Å². The maximum Gasteiger partial charge on any atom is 0.433 e. The fraction of sp³-hybridized carbons (Fsp3) is 0.300. The molecule has 5 rings (SSSR count). The van der Waals surface area contributed by atoms with Crippen LogP contribution in [-0.2, 0) is 6.18 Å². The lowest BCUT2D eigenvalue weighted by atomic mass is 9.99. The Bertz CT molecular complexity index is 1220. The highest BCUT2D eigenvalue weighted by Gasteiger charge is 2.37. The average molecular weight is 446 g/mol. The smallest absolute Gasteiger partial charge is 0.329 e. The van der Waals surface area contributed by atoms with E-state index < -0.39 is 17.9 Å². The van der Waals surface area contributed by atoms with E-state index in [1.54, 1.807) is 34.5 Å². The average Bonchev–Trinajstić information content (AvgIpc) is 3.53. The van der Waals surface area contributed by atoms with Crippen molar-refractivity contribution in [2.24, 2.45) is 0 Å². The summed E-state index contributed by atoms with van der Waals surface area (Å²) in [6, 6.07) is 7.21. The molecule has 31 heavy (non-hydrogen) atoms. The zero-order chi connectivity index (χ0) is 21.6. The molecule has 0 unspecified atom stereocenters. The van der Waals surface area contributed by atoms with Gasteiger partial charge in [0.05, 0.1) is 22.3 Å². The van der Waals surface area contributed by atoms with Gasteiger partial charge in [0, 0.05) is 18.8 Å². The lowest BCUT2D eigenvalue weighted by molar-refractivity contribution is -0.142. The van der Waals surface area contributed by atoms with Crippen LogP contribution in [0.3, 0.4) is 0 Å². The maximum atomic E-state index is 13.8. The van der Waals surface area contributed by atoms with Crippen LogP contribution in [0.5, 0.6) is 0 Å². The largest absolute Gasteiger partial charge is 0.433 e. The summed E-state index contributed by atoms with van der Waals surface area (Å²) in [5, 5.41) is 12.5. The number of fused-ring (bicyclic) bond motifs is 1. The zero-order valence-corrected chi connectivity index (χ0v) is 17.0. The highest BCUT2D eigenvalue weighted by molar-refractivity contribution is 7.13. The standard InChI is InChI=1S/C20H17F3N6OS/c21-20(22,23)17-10-14(16-5-3-9-31-16)25-18-11-13(27-29(17)18)15-4-1-2-8-28(15)19(30)12-6-7-24-26-12/h3,5-7,9-11,15H,1-2,4,8H2,(H,24,26)/t15-/m1/s1. The van der Waals surface area contributed by atoms with Gasteiger partial charge < -0.3 is 4.90 Å². The first kappa shape index (κ1) is 19.7. The van der Waals surface area contributed by atoms with Crippen molar-refractivity contribution in [3.63, 3.8) is 0 Å². The Morgan fingerprint density at radius 3 is 2.81 bits per heavy atom. The number of carbonyl (C=O) groups excluding carboxylic acids is 1. The molecule has 4 aromatic heterocycles. The van der Waals surface area contributed by atoms with E-state index >= 15 is 0 Å². The number of nitrogens with one attached hydrogen (secondary N) is 1. The van der Waals surface area contributed by atoms with Gasteiger partial charge in [-0.15, -0.1) is 11.3 Å². The van der Waals surface area contributed by atoms with Crippen LogP contribution in [0.2, 0.25) is 0 Å². The van der Waals surface area contributed by atoms with Crippen LogP contribution in [0.4, 0.5) is 13.2 Å². The molecular formula is C20H17F3N6OS.